The van der Waals surface area contributed by atoms with Crippen LogP contribution in [0.3, 0.4) is 0 Å². The summed E-state index contributed by atoms with van der Waals surface area (Å²) < 4.78 is 0. The molecule has 3 N–H and O–H groups in total. The number of carbonyl (C=O) groups is 4. The third-order valence-electron chi connectivity index (χ3n) is 5.67. The summed E-state index contributed by atoms with van der Waals surface area (Å²) in [5, 5.41) is 2.21. The Morgan fingerprint density at radius 2 is 1.55 bits per heavy atom. The summed E-state index contributed by atoms with van der Waals surface area (Å²) in [7, 11) is 0. The molecule has 1 atom stereocenters. The minimum atomic E-state index is -0.914. The number of fused-ring (bicyclic) bond motifs is 1. The topological polar surface area (TPSA) is 110 Å². The molecule has 1 unspecified atom stereocenters. The number of carbonyl (C=O) groups excluding carboxylic acids is 4. The normalized spacial score (nSPS) is 18.9. The molecular formula is C22H29N3O4. The van der Waals surface area contributed by atoms with Crippen LogP contribution in [0.25, 0.3) is 0 Å². The van der Waals surface area contributed by atoms with Crippen LogP contribution in [0.1, 0.15) is 84.1 Å². The Balaban J connectivity index is 1.55. The van der Waals surface area contributed by atoms with Gasteiger partial charge in [0.2, 0.25) is 11.8 Å². The molecule has 2 aliphatic heterocycles. The van der Waals surface area contributed by atoms with Crippen LogP contribution in [-0.2, 0) is 16.0 Å². The summed E-state index contributed by atoms with van der Waals surface area (Å²) in [4.78, 5) is 50.0. The molecule has 4 amide bonds. The standard InChI is InChI=1S/C22H29N3O4/c23-13-7-5-3-1-2-4-6-8-15-9-10-16-17(14-15)22(29)25(21(16)28)18-11-12-19(26)24-20(18)27/h9-10,14,18H,1-8,11-13,23H2,(H,24,26,27). The molecule has 0 radical (unpaired) electrons. The maximum atomic E-state index is 12.8. The second-order valence-corrected chi connectivity index (χ2v) is 7.84. The van der Waals surface area contributed by atoms with E-state index in [2.05, 4.69) is 5.32 Å². The van der Waals surface area contributed by atoms with E-state index in [1.165, 1.54) is 25.7 Å². The van der Waals surface area contributed by atoms with Crippen molar-refractivity contribution in [3.63, 3.8) is 0 Å². The molecular weight excluding hydrogens is 370 g/mol. The molecule has 1 aromatic carbocycles. The molecule has 0 aliphatic carbocycles. The van der Waals surface area contributed by atoms with Gasteiger partial charge in [-0.05, 0) is 49.9 Å². The van der Waals surface area contributed by atoms with Crippen molar-refractivity contribution in [3.8, 4) is 0 Å². The molecule has 29 heavy (non-hydrogen) atoms. The number of hydrogen-bond donors (Lipinski definition) is 2. The summed E-state index contributed by atoms with van der Waals surface area (Å²) in [6.45, 7) is 0.764. The predicted octanol–water partition coefficient (Wildman–Crippen LogP) is 2.32. The number of amides is 4. The average Bonchev–Trinajstić information content (AvgIpc) is 2.94. The van der Waals surface area contributed by atoms with Gasteiger partial charge in [-0.25, -0.2) is 0 Å². The zero-order chi connectivity index (χ0) is 20.8. The first kappa shape index (κ1) is 21.2. The van der Waals surface area contributed by atoms with Gasteiger partial charge in [-0.2, -0.15) is 0 Å². The SMILES string of the molecule is NCCCCCCCCCc1ccc2c(c1)C(=O)N(C1CCC(=O)NC1=O)C2=O. The zero-order valence-electron chi connectivity index (χ0n) is 16.7. The molecule has 1 aromatic rings. The molecule has 2 heterocycles. The fourth-order valence-corrected chi connectivity index (χ4v) is 4.03. The van der Waals surface area contributed by atoms with Gasteiger partial charge in [0.05, 0.1) is 11.1 Å². The van der Waals surface area contributed by atoms with Gasteiger partial charge in [-0.3, -0.25) is 29.4 Å². The fourth-order valence-electron chi connectivity index (χ4n) is 4.03. The Morgan fingerprint density at radius 1 is 0.897 bits per heavy atom. The van der Waals surface area contributed by atoms with E-state index in [0.29, 0.717) is 11.1 Å². The van der Waals surface area contributed by atoms with Crippen LogP contribution in [0.5, 0.6) is 0 Å². The second kappa shape index (κ2) is 9.78. The van der Waals surface area contributed by atoms with Gasteiger partial charge in [0.1, 0.15) is 6.04 Å². The maximum absolute atomic E-state index is 12.8. The summed E-state index contributed by atoms with van der Waals surface area (Å²) in [5.41, 5.74) is 7.22. The van der Waals surface area contributed by atoms with Gasteiger partial charge >= 0.3 is 0 Å². The van der Waals surface area contributed by atoms with E-state index in [0.717, 1.165) is 42.7 Å². The van der Waals surface area contributed by atoms with E-state index in [1.54, 1.807) is 12.1 Å². The van der Waals surface area contributed by atoms with E-state index >= 15 is 0 Å². The molecule has 0 aromatic heterocycles. The minimum absolute atomic E-state index is 0.126. The molecule has 2 aliphatic rings. The van der Waals surface area contributed by atoms with Gasteiger partial charge in [-0.15, -0.1) is 0 Å². The largest absolute Gasteiger partial charge is 0.330 e. The van der Waals surface area contributed by atoms with E-state index in [9.17, 15) is 19.2 Å². The highest BCUT2D eigenvalue weighted by molar-refractivity contribution is 6.23. The Kier molecular flexibility index (Phi) is 7.14. The van der Waals surface area contributed by atoms with E-state index in [1.807, 2.05) is 6.07 Å². The number of imide groups is 2. The van der Waals surface area contributed by atoms with Crippen LogP contribution in [0.15, 0.2) is 18.2 Å². The highest BCUT2D eigenvalue weighted by Gasteiger charge is 2.44. The van der Waals surface area contributed by atoms with E-state index < -0.39 is 23.8 Å². The van der Waals surface area contributed by atoms with Crippen molar-refractivity contribution in [2.45, 2.75) is 70.3 Å². The molecule has 0 bridgehead atoms. The minimum Gasteiger partial charge on any atom is -0.330 e. The first-order chi connectivity index (χ1) is 14.0. The smallest absolute Gasteiger partial charge is 0.262 e. The number of rotatable bonds is 10. The quantitative estimate of drug-likeness (QED) is 0.463. The lowest BCUT2D eigenvalue weighted by Crippen LogP contribution is -2.54. The second-order valence-electron chi connectivity index (χ2n) is 7.84. The van der Waals surface area contributed by atoms with Crippen molar-refractivity contribution in [1.82, 2.24) is 10.2 Å². The Labute approximate surface area is 171 Å². The van der Waals surface area contributed by atoms with Crippen LogP contribution < -0.4 is 11.1 Å². The molecule has 0 spiro atoms. The van der Waals surface area contributed by atoms with Gasteiger partial charge in [0, 0.05) is 6.42 Å². The van der Waals surface area contributed by atoms with E-state index in [-0.39, 0.29) is 18.7 Å². The summed E-state index contributed by atoms with van der Waals surface area (Å²) >= 11 is 0. The van der Waals surface area contributed by atoms with Gasteiger partial charge in [0.25, 0.3) is 11.8 Å². The Hall–Kier alpha value is -2.54. The average molecular weight is 399 g/mol. The first-order valence-electron chi connectivity index (χ1n) is 10.6. The Morgan fingerprint density at radius 3 is 2.24 bits per heavy atom. The molecule has 1 saturated heterocycles. The fraction of sp³-hybridized carbons (Fsp3) is 0.545. The Bertz CT molecular complexity index is 805. The maximum Gasteiger partial charge on any atom is 0.262 e. The predicted molar refractivity (Wildman–Crippen MR) is 108 cm³/mol. The molecule has 156 valence electrons. The van der Waals surface area contributed by atoms with Crippen molar-refractivity contribution in [2.24, 2.45) is 5.73 Å². The van der Waals surface area contributed by atoms with Crippen molar-refractivity contribution in [1.29, 1.82) is 0 Å². The molecule has 3 rings (SSSR count). The molecule has 0 saturated carbocycles. The van der Waals surface area contributed by atoms with Crippen LogP contribution in [0, 0.1) is 0 Å². The molecule has 7 heteroatoms. The zero-order valence-corrected chi connectivity index (χ0v) is 16.7. The van der Waals surface area contributed by atoms with Crippen LogP contribution >= 0.6 is 0 Å². The third-order valence-corrected chi connectivity index (χ3v) is 5.67. The van der Waals surface area contributed by atoms with Crippen LogP contribution in [0.2, 0.25) is 0 Å². The lowest BCUT2D eigenvalue weighted by atomic mass is 10.0. The molecule has 7 nitrogen and oxygen atoms in total. The number of piperidine rings is 1. The summed E-state index contributed by atoms with van der Waals surface area (Å²) in [6, 6.07) is 4.44. The summed E-state index contributed by atoms with van der Waals surface area (Å²) in [6.07, 6.45) is 9.26. The van der Waals surface area contributed by atoms with Gasteiger partial charge in [-0.1, -0.05) is 38.2 Å². The number of nitrogens with one attached hydrogen (secondary N) is 1. The van der Waals surface area contributed by atoms with E-state index in [4.69, 9.17) is 5.73 Å². The van der Waals surface area contributed by atoms with Crippen molar-refractivity contribution in [3.05, 3.63) is 34.9 Å². The van der Waals surface area contributed by atoms with Crippen molar-refractivity contribution in [2.75, 3.05) is 6.54 Å². The first-order valence-corrected chi connectivity index (χ1v) is 10.6. The number of hydrogen-bond acceptors (Lipinski definition) is 5. The monoisotopic (exact) mass is 399 g/mol. The van der Waals surface area contributed by atoms with Gasteiger partial charge in [0.15, 0.2) is 0 Å². The number of aryl methyl sites for hydroxylation is 1. The molecule has 1 fully saturated rings. The van der Waals surface area contributed by atoms with Crippen LogP contribution in [-0.4, -0.2) is 41.1 Å². The number of unbranched alkanes of at least 4 members (excludes halogenated alkanes) is 6. The highest BCUT2D eigenvalue weighted by Crippen LogP contribution is 2.28. The van der Waals surface area contributed by atoms with Crippen LogP contribution in [0.4, 0.5) is 0 Å². The number of nitrogens with zero attached hydrogens (tertiary/aromatic N) is 1. The lowest BCUT2D eigenvalue weighted by Gasteiger charge is -2.27. The lowest BCUT2D eigenvalue weighted by molar-refractivity contribution is -0.136. The highest BCUT2D eigenvalue weighted by atomic mass is 16.2. The number of benzene rings is 1. The van der Waals surface area contributed by atoms with Crippen molar-refractivity contribution < 1.29 is 19.2 Å². The number of nitrogens with two attached hydrogens (primary N) is 1. The third kappa shape index (κ3) is 4.90. The van der Waals surface area contributed by atoms with Crippen molar-refractivity contribution >= 4 is 23.6 Å². The summed E-state index contributed by atoms with van der Waals surface area (Å²) in [5.74, 6) is -1.85. The van der Waals surface area contributed by atoms with Gasteiger partial charge < -0.3 is 5.73 Å².